The number of nitrogen functional groups attached to an aromatic ring is 1. The number of H-pyrrole nitrogens is 1. The van der Waals surface area contributed by atoms with Crippen LogP contribution in [-0.2, 0) is 9.53 Å². The fourth-order valence-corrected chi connectivity index (χ4v) is 4.52. The molecule has 5 rings (SSSR count). The van der Waals surface area contributed by atoms with Crippen LogP contribution in [0.25, 0.3) is 16.6 Å². The number of ether oxygens (including phenoxy) is 1. The minimum atomic E-state index is -0.686. The van der Waals surface area contributed by atoms with E-state index in [0.717, 1.165) is 6.42 Å². The highest BCUT2D eigenvalue weighted by molar-refractivity contribution is 5.95. The van der Waals surface area contributed by atoms with Gasteiger partial charge in [-0.05, 0) is 44.0 Å². The Labute approximate surface area is 229 Å². The number of fused-ring (bicyclic) bond motifs is 1. The Morgan fingerprint density at radius 1 is 1.23 bits per heavy atom. The molecule has 11 nitrogen and oxygen atoms in total. The lowest BCUT2D eigenvalue weighted by atomic mass is 10.1. The molecule has 1 saturated heterocycles. The highest BCUT2D eigenvalue weighted by atomic mass is 16.5. The van der Waals surface area contributed by atoms with Gasteiger partial charge in [-0.2, -0.15) is 0 Å². The molecular formula is C29H28N7O4+. The molecule has 2 aromatic carbocycles. The molecule has 0 radical (unpaired) electrons. The zero-order valence-electron chi connectivity index (χ0n) is 21.8. The summed E-state index contributed by atoms with van der Waals surface area (Å²) in [4.78, 5) is 50.7. The number of amides is 2. The summed E-state index contributed by atoms with van der Waals surface area (Å²) in [5.41, 5.74) is 7.05. The lowest BCUT2D eigenvalue weighted by Crippen LogP contribution is -2.35. The molecule has 4 aromatic rings. The Morgan fingerprint density at radius 2 is 2.05 bits per heavy atom. The summed E-state index contributed by atoms with van der Waals surface area (Å²) < 4.78 is 6.86. The van der Waals surface area contributed by atoms with Crippen molar-refractivity contribution < 1.29 is 19.3 Å². The van der Waals surface area contributed by atoms with Crippen molar-refractivity contribution in [2.45, 2.75) is 31.9 Å². The number of nitrogens with zero attached hydrogens (tertiary/aromatic N) is 3. The van der Waals surface area contributed by atoms with Crippen LogP contribution in [0.15, 0.2) is 65.7 Å². The minimum absolute atomic E-state index is 0.0351. The molecule has 0 bridgehead atoms. The Morgan fingerprint density at radius 3 is 2.80 bits per heavy atom. The minimum Gasteiger partial charge on any atom is -0.368 e. The van der Waals surface area contributed by atoms with Gasteiger partial charge in [0.2, 0.25) is 11.6 Å². The number of para-hydroxylation sites is 1. The van der Waals surface area contributed by atoms with E-state index in [2.05, 4.69) is 32.4 Å². The second kappa shape index (κ2) is 11.8. The smallest absolute Gasteiger partial charge is 0.302 e. The maximum Gasteiger partial charge on any atom is 0.302 e. The first kappa shape index (κ1) is 26.5. The van der Waals surface area contributed by atoms with E-state index in [-0.39, 0.29) is 29.5 Å². The SMILES string of the molecule is CC(NC(=O)c1ncc[nH+]c1N)c1nc2cccc(C#CCNC(=O)C3CCCO3)c2c(=O)n1-c1ccccc1. The fraction of sp³-hybridized carbons (Fsp3) is 0.241. The van der Waals surface area contributed by atoms with Gasteiger partial charge in [-0.15, -0.1) is 0 Å². The Hall–Kier alpha value is -5.08. The third-order valence-electron chi connectivity index (χ3n) is 6.46. The van der Waals surface area contributed by atoms with Gasteiger partial charge in [0.25, 0.3) is 11.5 Å². The first-order valence-electron chi connectivity index (χ1n) is 12.9. The van der Waals surface area contributed by atoms with Crippen molar-refractivity contribution in [3.63, 3.8) is 0 Å². The third-order valence-corrected chi connectivity index (χ3v) is 6.46. The third kappa shape index (κ3) is 5.52. The number of nitrogens with one attached hydrogen (secondary N) is 3. The molecule has 1 aliphatic rings. The molecule has 5 N–H and O–H groups in total. The topological polar surface area (TPSA) is 155 Å². The van der Waals surface area contributed by atoms with E-state index in [4.69, 9.17) is 15.5 Å². The summed E-state index contributed by atoms with van der Waals surface area (Å²) >= 11 is 0. The van der Waals surface area contributed by atoms with Crippen LogP contribution in [-0.4, -0.2) is 45.6 Å². The first-order chi connectivity index (χ1) is 19.4. The van der Waals surface area contributed by atoms with Crippen LogP contribution in [0.3, 0.4) is 0 Å². The number of carbonyl (C=O) groups excluding carboxylic acids is 2. The first-order valence-corrected chi connectivity index (χ1v) is 12.9. The van der Waals surface area contributed by atoms with Crippen molar-refractivity contribution in [2.75, 3.05) is 18.9 Å². The molecule has 0 aliphatic carbocycles. The van der Waals surface area contributed by atoms with Crippen LogP contribution in [0.1, 0.15) is 47.7 Å². The summed E-state index contributed by atoms with van der Waals surface area (Å²) in [6, 6.07) is 13.6. The van der Waals surface area contributed by atoms with E-state index >= 15 is 0 Å². The largest absolute Gasteiger partial charge is 0.368 e. The van der Waals surface area contributed by atoms with Crippen LogP contribution < -0.4 is 26.9 Å². The molecule has 40 heavy (non-hydrogen) atoms. The zero-order valence-corrected chi connectivity index (χ0v) is 21.8. The second-order valence-electron chi connectivity index (χ2n) is 9.21. The van der Waals surface area contributed by atoms with Gasteiger partial charge in [-0.25, -0.2) is 15.0 Å². The Kier molecular flexibility index (Phi) is 7.80. The normalized spacial score (nSPS) is 15.2. The van der Waals surface area contributed by atoms with E-state index in [9.17, 15) is 14.4 Å². The zero-order chi connectivity index (χ0) is 28.1. The number of benzene rings is 2. The highest BCUT2D eigenvalue weighted by Crippen LogP contribution is 2.20. The van der Waals surface area contributed by atoms with E-state index in [1.165, 1.54) is 17.0 Å². The van der Waals surface area contributed by atoms with Gasteiger partial charge in [0, 0.05) is 12.2 Å². The monoisotopic (exact) mass is 538 g/mol. The molecular weight excluding hydrogens is 510 g/mol. The molecule has 202 valence electrons. The molecule has 2 atom stereocenters. The molecule has 1 aliphatic heterocycles. The van der Waals surface area contributed by atoms with Gasteiger partial charge in [0.15, 0.2) is 0 Å². The number of aromatic amines is 1. The van der Waals surface area contributed by atoms with E-state index in [0.29, 0.717) is 41.0 Å². The Balaban J connectivity index is 1.51. The van der Waals surface area contributed by atoms with E-state index < -0.39 is 18.1 Å². The van der Waals surface area contributed by atoms with Gasteiger partial charge in [0.05, 0.1) is 35.4 Å². The number of rotatable bonds is 6. The molecule has 1 fully saturated rings. The average molecular weight is 539 g/mol. The lowest BCUT2D eigenvalue weighted by molar-refractivity contribution is -0.361. The number of aromatic nitrogens is 4. The number of hydrogen-bond acceptors (Lipinski definition) is 7. The summed E-state index contributed by atoms with van der Waals surface area (Å²) in [5, 5.41) is 5.93. The molecule has 0 spiro atoms. The molecule has 2 amide bonds. The predicted molar refractivity (Wildman–Crippen MR) is 147 cm³/mol. The molecule has 11 heteroatoms. The molecule has 2 aromatic heterocycles. The van der Waals surface area contributed by atoms with Crippen LogP contribution in [0.4, 0.5) is 5.82 Å². The predicted octanol–water partition coefficient (Wildman–Crippen LogP) is 1.31. The summed E-state index contributed by atoms with van der Waals surface area (Å²) in [6.45, 7) is 2.43. The van der Waals surface area contributed by atoms with Crippen molar-refractivity contribution in [3.05, 3.63) is 88.4 Å². The molecule has 0 saturated carbocycles. The lowest BCUT2D eigenvalue weighted by Gasteiger charge is -2.19. The number of nitrogens with two attached hydrogens (primary N) is 1. The van der Waals surface area contributed by atoms with Crippen LogP contribution in [0.2, 0.25) is 0 Å². The quantitative estimate of drug-likeness (QED) is 0.313. The average Bonchev–Trinajstić information content (AvgIpc) is 3.51. The van der Waals surface area contributed by atoms with Gasteiger partial charge in [0.1, 0.15) is 18.1 Å². The van der Waals surface area contributed by atoms with Crippen LogP contribution >= 0.6 is 0 Å². The van der Waals surface area contributed by atoms with E-state index in [1.807, 2.05) is 18.2 Å². The number of carbonyl (C=O) groups is 2. The highest BCUT2D eigenvalue weighted by Gasteiger charge is 2.24. The van der Waals surface area contributed by atoms with Gasteiger partial charge >= 0.3 is 5.82 Å². The van der Waals surface area contributed by atoms with Crippen LogP contribution in [0.5, 0.6) is 0 Å². The standard InChI is InChI=1S/C29H27N7O4/c1-18(34-28(38)24-25(30)32-16-15-31-24)26-35-21-12-5-8-19(9-6-14-33-27(37)22-13-7-17-40-22)23(21)29(39)36(26)20-10-3-2-4-11-20/h2-5,8,10-12,15-16,18,22H,7,13-14,17H2,1H3,(H2,30,32)(H,33,37)(H,34,38)/p+1. The van der Waals surface area contributed by atoms with Gasteiger partial charge < -0.3 is 15.4 Å². The van der Waals surface area contributed by atoms with Gasteiger partial charge in [-0.3, -0.25) is 24.7 Å². The number of hydrogen-bond donors (Lipinski definition) is 3. The second-order valence-corrected chi connectivity index (χ2v) is 9.21. The maximum absolute atomic E-state index is 14.0. The summed E-state index contributed by atoms with van der Waals surface area (Å²) in [5.74, 6) is 5.68. The maximum atomic E-state index is 14.0. The van der Waals surface area contributed by atoms with Crippen molar-refractivity contribution in [1.82, 2.24) is 25.2 Å². The van der Waals surface area contributed by atoms with Crippen molar-refractivity contribution >= 4 is 28.5 Å². The van der Waals surface area contributed by atoms with Crippen molar-refractivity contribution in [1.29, 1.82) is 0 Å². The fourth-order valence-electron chi connectivity index (χ4n) is 4.52. The van der Waals surface area contributed by atoms with E-state index in [1.54, 1.807) is 37.3 Å². The van der Waals surface area contributed by atoms with Crippen molar-refractivity contribution in [3.8, 4) is 17.5 Å². The summed E-state index contributed by atoms with van der Waals surface area (Å²) in [6.07, 6.45) is 4.07. The number of anilines is 1. The van der Waals surface area contributed by atoms with Crippen molar-refractivity contribution in [2.24, 2.45) is 0 Å². The molecule has 3 heterocycles. The molecule has 2 unspecified atom stereocenters. The Bertz CT molecular complexity index is 1690. The van der Waals surface area contributed by atoms with Gasteiger partial charge in [-0.1, -0.05) is 36.1 Å². The van der Waals surface area contributed by atoms with Crippen LogP contribution in [0, 0.1) is 11.8 Å². The summed E-state index contributed by atoms with van der Waals surface area (Å²) in [7, 11) is 0.